The fraction of sp³-hybridized carbons (Fsp3) is 0.545. The molecular formula is C22H33NO. The Kier molecular flexibility index (Phi) is 11.6. The van der Waals surface area contributed by atoms with Crippen molar-refractivity contribution in [3.8, 4) is 0 Å². The molecule has 1 aromatic heterocycles. The third kappa shape index (κ3) is 9.44. The summed E-state index contributed by atoms with van der Waals surface area (Å²) in [6.45, 7) is 5.86. The number of nitrogens with zero attached hydrogens (tertiary/aromatic N) is 1. The van der Waals surface area contributed by atoms with Crippen molar-refractivity contribution in [3.05, 3.63) is 54.9 Å². The van der Waals surface area contributed by atoms with Crippen molar-refractivity contribution in [2.24, 2.45) is 0 Å². The third-order valence-corrected chi connectivity index (χ3v) is 4.27. The SMILES string of the molecule is C=CCCC=CCCCCC(CC(=O)CCCC)c1ccccn1. The van der Waals surface area contributed by atoms with Crippen molar-refractivity contribution >= 4 is 5.78 Å². The Balaban J connectivity index is 2.40. The van der Waals surface area contributed by atoms with Crippen molar-refractivity contribution in [2.45, 2.75) is 77.0 Å². The lowest BCUT2D eigenvalue weighted by Gasteiger charge is -2.15. The van der Waals surface area contributed by atoms with Gasteiger partial charge >= 0.3 is 0 Å². The molecule has 24 heavy (non-hydrogen) atoms. The second kappa shape index (κ2) is 13.7. The van der Waals surface area contributed by atoms with Gasteiger partial charge in [0, 0.05) is 30.7 Å². The van der Waals surface area contributed by atoms with Gasteiger partial charge in [0.2, 0.25) is 0 Å². The molecule has 1 rings (SSSR count). The molecule has 0 amide bonds. The summed E-state index contributed by atoms with van der Waals surface area (Å²) in [5.74, 6) is 0.664. The maximum atomic E-state index is 12.2. The van der Waals surface area contributed by atoms with Crippen molar-refractivity contribution in [3.63, 3.8) is 0 Å². The summed E-state index contributed by atoms with van der Waals surface area (Å²) in [5, 5.41) is 0. The average Bonchev–Trinajstić information content (AvgIpc) is 2.62. The molecule has 0 aromatic carbocycles. The fourth-order valence-corrected chi connectivity index (χ4v) is 2.83. The van der Waals surface area contributed by atoms with Crippen LogP contribution in [-0.4, -0.2) is 10.8 Å². The van der Waals surface area contributed by atoms with Crippen LogP contribution < -0.4 is 0 Å². The van der Waals surface area contributed by atoms with E-state index < -0.39 is 0 Å². The Morgan fingerprint density at radius 2 is 2.00 bits per heavy atom. The molecule has 0 fully saturated rings. The van der Waals surface area contributed by atoms with Crippen molar-refractivity contribution < 1.29 is 4.79 Å². The van der Waals surface area contributed by atoms with Gasteiger partial charge < -0.3 is 0 Å². The highest BCUT2D eigenvalue weighted by Crippen LogP contribution is 2.25. The van der Waals surface area contributed by atoms with Crippen LogP contribution >= 0.6 is 0 Å². The summed E-state index contributed by atoms with van der Waals surface area (Å²) in [4.78, 5) is 16.7. The van der Waals surface area contributed by atoms with Gasteiger partial charge in [-0.1, -0.05) is 44.1 Å². The third-order valence-electron chi connectivity index (χ3n) is 4.27. The van der Waals surface area contributed by atoms with E-state index in [9.17, 15) is 4.79 Å². The lowest BCUT2D eigenvalue weighted by molar-refractivity contribution is -0.119. The van der Waals surface area contributed by atoms with E-state index in [1.165, 1.54) is 6.42 Å². The van der Waals surface area contributed by atoms with E-state index >= 15 is 0 Å². The van der Waals surface area contributed by atoms with Gasteiger partial charge in [-0.15, -0.1) is 6.58 Å². The van der Waals surface area contributed by atoms with Crippen LogP contribution in [0.1, 0.15) is 82.7 Å². The van der Waals surface area contributed by atoms with Crippen LogP contribution in [0.5, 0.6) is 0 Å². The minimum atomic E-state index is 0.278. The molecule has 0 aliphatic carbocycles. The van der Waals surface area contributed by atoms with E-state index in [0.29, 0.717) is 18.6 Å². The summed E-state index contributed by atoms with van der Waals surface area (Å²) in [6.07, 6.45) is 18.4. The number of carbonyl (C=O) groups excluding carboxylic acids is 1. The van der Waals surface area contributed by atoms with Crippen LogP contribution in [0, 0.1) is 0 Å². The normalized spacial score (nSPS) is 12.4. The first kappa shape index (κ1) is 20.3. The molecule has 0 N–H and O–H groups in total. The summed E-state index contributed by atoms with van der Waals surface area (Å²) >= 11 is 0. The number of ketones is 1. The van der Waals surface area contributed by atoms with Gasteiger partial charge in [-0.25, -0.2) is 0 Å². The number of aromatic nitrogens is 1. The largest absolute Gasteiger partial charge is 0.300 e. The van der Waals surface area contributed by atoms with Gasteiger partial charge in [-0.2, -0.15) is 0 Å². The molecule has 1 atom stereocenters. The zero-order valence-electron chi connectivity index (χ0n) is 15.3. The minimum absolute atomic E-state index is 0.278. The average molecular weight is 328 g/mol. The number of carbonyl (C=O) groups is 1. The van der Waals surface area contributed by atoms with Gasteiger partial charge in [0.1, 0.15) is 5.78 Å². The summed E-state index contributed by atoms with van der Waals surface area (Å²) < 4.78 is 0. The lowest BCUT2D eigenvalue weighted by atomic mass is 9.91. The Labute approximate surface area is 148 Å². The van der Waals surface area contributed by atoms with Gasteiger partial charge in [0.05, 0.1) is 0 Å². The second-order valence-electron chi connectivity index (χ2n) is 6.42. The quantitative estimate of drug-likeness (QED) is 0.292. The molecule has 0 spiro atoms. The van der Waals surface area contributed by atoms with Gasteiger partial charge in [-0.3, -0.25) is 9.78 Å². The standard InChI is InChI=1S/C22H33NO/c1-3-5-7-8-9-10-11-12-15-20(19-21(24)16-6-4-2)22-17-13-14-18-23-22/h3,8-9,13-14,17-18,20H,1,4-7,10-12,15-16,19H2,2H3. The van der Waals surface area contributed by atoms with E-state index in [4.69, 9.17) is 0 Å². The minimum Gasteiger partial charge on any atom is -0.300 e. The van der Waals surface area contributed by atoms with Crippen LogP contribution in [0.4, 0.5) is 0 Å². The van der Waals surface area contributed by atoms with Crippen LogP contribution in [-0.2, 0) is 4.79 Å². The van der Waals surface area contributed by atoms with Gasteiger partial charge in [0.25, 0.3) is 0 Å². The number of unbranched alkanes of at least 4 members (excludes halogenated alkanes) is 4. The van der Waals surface area contributed by atoms with Crippen molar-refractivity contribution in [1.82, 2.24) is 4.98 Å². The summed E-state index contributed by atoms with van der Waals surface area (Å²) in [6, 6.07) is 6.02. The Bertz CT molecular complexity index is 478. The molecule has 0 aliphatic rings. The Morgan fingerprint density at radius 3 is 2.71 bits per heavy atom. The molecule has 2 heteroatoms. The van der Waals surface area contributed by atoms with E-state index in [1.54, 1.807) is 0 Å². The van der Waals surface area contributed by atoms with E-state index in [1.807, 2.05) is 24.4 Å². The van der Waals surface area contributed by atoms with Crippen molar-refractivity contribution in [2.75, 3.05) is 0 Å². The molecule has 0 saturated carbocycles. The number of rotatable bonds is 14. The molecule has 0 bridgehead atoms. The summed E-state index contributed by atoms with van der Waals surface area (Å²) in [7, 11) is 0. The van der Waals surface area contributed by atoms with Gasteiger partial charge in [-0.05, 0) is 50.7 Å². The predicted octanol–water partition coefficient (Wildman–Crippen LogP) is 6.40. The zero-order chi connectivity index (χ0) is 17.5. The highest BCUT2D eigenvalue weighted by Gasteiger charge is 2.16. The number of hydrogen-bond acceptors (Lipinski definition) is 2. The number of hydrogen-bond donors (Lipinski definition) is 0. The molecule has 132 valence electrons. The molecule has 1 unspecified atom stereocenters. The second-order valence-corrected chi connectivity index (χ2v) is 6.42. The molecule has 0 aliphatic heterocycles. The monoisotopic (exact) mass is 327 g/mol. The number of Topliss-reactive ketones (excluding diaryl/α,β-unsaturated/α-hetero) is 1. The maximum Gasteiger partial charge on any atom is 0.133 e. The van der Waals surface area contributed by atoms with E-state index in [0.717, 1.165) is 50.6 Å². The lowest BCUT2D eigenvalue weighted by Crippen LogP contribution is -2.09. The summed E-state index contributed by atoms with van der Waals surface area (Å²) in [5.41, 5.74) is 1.07. The molecule has 2 nitrogen and oxygen atoms in total. The van der Waals surface area contributed by atoms with Crippen LogP contribution in [0.25, 0.3) is 0 Å². The first-order valence-electron chi connectivity index (χ1n) is 9.46. The molecule has 0 radical (unpaired) electrons. The fourth-order valence-electron chi connectivity index (χ4n) is 2.83. The van der Waals surface area contributed by atoms with Crippen molar-refractivity contribution in [1.29, 1.82) is 0 Å². The van der Waals surface area contributed by atoms with Crippen LogP contribution in [0.3, 0.4) is 0 Å². The Morgan fingerprint density at radius 1 is 1.17 bits per heavy atom. The van der Waals surface area contributed by atoms with E-state index in [2.05, 4.69) is 36.7 Å². The smallest absolute Gasteiger partial charge is 0.133 e. The van der Waals surface area contributed by atoms with Crippen LogP contribution in [0.2, 0.25) is 0 Å². The van der Waals surface area contributed by atoms with Crippen LogP contribution in [0.15, 0.2) is 49.2 Å². The van der Waals surface area contributed by atoms with E-state index in [-0.39, 0.29) is 5.92 Å². The first-order valence-corrected chi connectivity index (χ1v) is 9.46. The molecule has 0 saturated heterocycles. The highest BCUT2D eigenvalue weighted by atomic mass is 16.1. The topological polar surface area (TPSA) is 30.0 Å². The number of pyridine rings is 1. The highest BCUT2D eigenvalue weighted by molar-refractivity contribution is 5.79. The van der Waals surface area contributed by atoms with Gasteiger partial charge in [0.15, 0.2) is 0 Å². The molecular weight excluding hydrogens is 294 g/mol. The first-order chi connectivity index (χ1) is 11.8. The number of allylic oxidation sites excluding steroid dienone is 3. The molecule has 1 heterocycles. The zero-order valence-corrected chi connectivity index (χ0v) is 15.3. The Hall–Kier alpha value is -1.70. The predicted molar refractivity (Wildman–Crippen MR) is 103 cm³/mol. The molecule has 1 aromatic rings. The maximum absolute atomic E-state index is 12.2.